The van der Waals surface area contributed by atoms with Crippen molar-refractivity contribution < 1.29 is 9.53 Å². The number of rotatable bonds is 8. The molecule has 4 rings (SSSR count). The van der Waals surface area contributed by atoms with Crippen LogP contribution in [0.1, 0.15) is 16.9 Å². The van der Waals surface area contributed by atoms with Gasteiger partial charge >= 0.3 is 0 Å². The molecule has 8 heteroatoms. The number of ether oxygens (including phenoxy) is 1. The molecule has 33 heavy (non-hydrogen) atoms. The van der Waals surface area contributed by atoms with E-state index >= 15 is 0 Å². The number of piperazine rings is 1. The summed E-state index contributed by atoms with van der Waals surface area (Å²) in [4.78, 5) is 19.5. The number of nitrogens with zero attached hydrogens (tertiary/aromatic N) is 5. The number of nitrogens with one attached hydrogen (secondary N) is 1. The third kappa shape index (κ3) is 5.34. The molecule has 0 spiro atoms. The normalized spacial score (nSPS) is 14.1. The summed E-state index contributed by atoms with van der Waals surface area (Å²) in [5.74, 6) is 1.52. The van der Waals surface area contributed by atoms with Crippen LogP contribution < -0.4 is 19.9 Å². The SMILES string of the molecule is COc1cccc(N2CCN(c3nnc(C(=O)NCCCN(C)C)c4ccccc34)CC2)c1. The van der Waals surface area contributed by atoms with Gasteiger partial charge < -0.3 is 24.8 Å². The lowest BCUT2D eigenvalue weighted by Gasteiger charge is -2.37. The second-order valence-electron chi connectivity index (χ2n) is 8.51. The Morgan fingerprint density at radius 2 is 1.73 bits per heavy atom. The molecule has 1 aliphatic heterocycles. The van der Waals surface area contributed by atoms with Crippen molar-refractivity contribution in [1.82, 2.24) is 20.4 Å². The average molecular weight is 449 g/mol. The van der Waals surface area contributed by atoms with Gasteiger partial charge in [-0.05, 0) is 39.2 Å². The van der Waals surface area contributed by atoms with Crippen molar-refractivity contribution in [2.45, 2.75) is 6.42 Å². The smallest absolute Gasteiger partial charge is 0.272 e. The Balaban J connectivity index is 1.48. The van der Waals surface area contributed by atoms with E-state index < -0.39 is 0 Å². The molecule has 1 aromatic heterocycles. The summed E-state index contributed by atoms with van der Waals surface area (Å²) in [7, 11) is 5.74. The molecular weight excluding hydrogens is 416 g/mol. The fourth-order valence-corrected chi connectivity index (χ4v) is 4.16. The maximum Gasteiger partial charge on any atom is 0.272 e. The first kappa shape index (κ1) is 22.8. The van der Waals surface area contributed by atoms with E-state index in [-0.39, 0.29) is 5.91 Å². The van der Waals surface area contributed by atoms with Crippen LogP contribution >= 0.6 is 0 Å². The maximum absolute atomic E-state index is 12.8. The highest BCUT2D eigenvalue weighted by atomic mass is 16.5. The van der Waals surface area contributed by atoms with Gasteiger partial charge in [-0.3, -0.25) is 4.79 Å². The Bertz CT molecular complexity index is 1100. The standard InChI is InChI=1S/C25H32N6O2/c1-29(2)13-7-12-26-25(32)23-21-10-4-5-11-22(21)24(28-27-23)31-16-14-30(15-17-31)19-8-6-9-20(18-19)33-3/h4-6,8-11,18H,7,12-17H2,1-3H3,(H,26,32). The number of methoxy groups -OCH3 is 1. The molecule has 174 valence electrons. The first-order valence-corrected chi connectivity index (χ1v) is 11.4. The van der Waals surface area contributed by atoms with Crippen molar-refractivity contribution in [2.24, 2.45) is 0 Å². The fraction of sp³-hybridized carbons (Fsp3) is 0.400. The van der Waals surface area contributed by atoms with E-state index in [1.165, 1.54) is 0 Å². The average Bonchev–Trinajstić information content (AvgIpc) is 2.86. The van der Waals surface area contributed by atoms with Gasteiger partial charge in [0, 0.05) is 55.2 Å². The molecular formula is C25H32N6O2. The van der Waals surface area contributed by atoms with Crippen LogP contribution in [0.5, 0.6) is 5.75 Å². The van der Waals surface area contributed by atoms with E-state index in [0.29, 0.717) is 12.2 Å². The number of amides is 1. The monoisotopic (exact) mass is 448 g/mol. The number of anilines is 2. The van der Waals surface area contributed by atoms with Crippen LogP contribution in [0.15, 0.2) is 48.5 Å². The minimum atomic E-state index is -0.174. The number of aromatic nitrogens is 2. The quantitative estimate of drug-likeness (QED) is 0.531. The highest BCUT2D eigenvalue weighted by Gasteiger charge is 2.23. The van der Waals surface area contributed by atoms with Crippen molar-refractivity contribution in [2.75, 3.05) is 70.3 Å². The molecule has 0 radical (unpaired) electrons. The molecule has 0 saturated carbocycles. The zero-order valence-electron chi connectivity index (χ0n) is 19.6. The van der Waals surface area contributed by atoms with Gasteiger partial charge in [0.2, 0.25) is 0 Å². The summed E-state index contributed by atoms with van der Waals surface area (Å²) in [6.07, 6.45) is 0.889. The summed E-state index contributed by atoms with van der Waals surface area (Å²) in [6.45, 7) is 4.93. The van der Waals surface area contributed by atoms with Crippen LogP contribution in [0.25, 0.3) is 10.8 Å². The lowest BCUT2D eigenvalue weighted by Crippen LogP contribution is -2.47. The highest BCUT2D eigenvalue weighted by molar-refractivity contribution is 6.07. The third-order valence-corrected chi connectivity index (χ3v) is 5.95. The molecule has 1 saturated heterocycles. The Kier molecular flexibility index (Phi) is 7.24. The molecule has 0 unspecified atom stereocenters. The Morgan fingerprint density at radius 1 is 1.00 bits per heavy atom. The van der Waals surface area contributed by atoms with Crippen molar-refractivity contribution in [3.63, 3.8) is 0 Å². The molecule has 0 bridgehead atoms. The molecule has 2 heterocycles. The van der Waals surface area contributed by atoms with Gasteiger partial charge in [-0.1, -0.05) is 30.3 Å². The Labute approximate surface area is 195 Å². The highest BCUT2D eigenvalue weighted by Crippen LogP contribution is 2.28. The van der Waals surface area contributed by atoms with Crippen LogP contribution in [0.4, 0.5) is 11.5 Å². The van der Waals surface area contributed by atoms with E-state index in [0.717, 1.165) is 67.2 Å². The lowest BCUT2D eigenvalue weighted by molar-refractivity contribution is 0.0948. The largest absolute Gasteiger partial charge is 0.497 e. The van der Waals surface area contributed by atoms with Crippen molar-refractivity contribution in [3.05, 3.63) is 54.2 Å². The van der Waals surface area contributed by atoms with Gasteiger partial charge in [0.25, 0.3) is 5.91 Å². The summed E-state index contributed by atoms with van der Waals surface area (Å²) in [5.41, 5.74) is 1.54. The summed E-state index contributed by atoms with van der Waals surface area (Å²) >= 11 is 0. The van der Waals surface area contributed by atoms with Crippen molar-refractivity contribution >= 4 is 28.2 Å². The van der Waals surface area contributed by atoms with Gasteiger partial charge in [0.15, 0.2) is 11.5 Å². The molecule has 0 atom stereocenters. The van der Waals surface area contributed by atoms with Crippen molar-refractivity contribution in [1.29, 1.82) is 0 Å². The molecule has 1 N–H and O–H groups in total. The minimum Gasteiger partial charge on any atom is -0.497 e. The molecule has 3 aromatic rings. The van der Waals surface area contributed by atoms with Gasteiger partial charge in [0.05, 0.1) is 7.11 Å². The van der Waals surface area contributed by atoms with Gasteiger partial charge in [-0.25, -0.2) is 0 Å². The molecule has 1 aliphatic rings. The third-order valence-electron chi connectivity index (χ3n) is 5.95. The predicted molar refractivity (Wildman–Crippen MR) is 132 cm³/mol. The molecule has 1 amide bonds. The molecule has 8 nitrogen and oxygen atoms in total. The summed E-state index contributed by atoms with van der Waals surface area (Å²) in [6, 6.07) is 16.1. The number of carbonyl (C=O) groups excluding carboxylic acids is 1. The number of fused-ring (bicyclic) bond motifs is 1. The van der Waals surface area contributed by atoms with Crippen LogP contribution in [-0.2, 0) is 0 Å². The Hall–Kier alpha value is -3.39. The van der Waals surface area contributed by atoms with E-state index in [4.69, 9.17) is 4.74 Å². The molecule has 0 aliphatic carbocycles. The number of hydrogen-bond donors (Lipinski definition) is 1. The van der Waals surface area contributed by atoms with Gasteiger partial charge in [-0.2, -0.15) is 0 Å². The second kappa shape index (κ2) is 10.5. The lowest BCUT2D eigenvalue weighted by atomic mass is 10.1. The molecule has 2 aromatic carbocycles. The van der Waals surface area contributed by atoms with Gasteiger partial charge in [-0.15, -0.1) is 10.2 Å². The first-order chi connectivity index (χ1) is 16.1. The number of hydrogen-bond acceptors (Lipinski definition) is 7. The van der Waals surface area contributed by atoms with E-state index in [1.807, 2.05) is 50.5 Å². The van der Waals surface area contributed by atoms with E-state index in [1.54, 1.807) is 7.11 Å². The maximum atomic E-state index is 12.8. The predicted octanol–water partition coefficient (Wildman–Crippen LogP) is 2.65. The van der Waals surface area contributed by atoms with Crippen LogP contribution in [-0.4, -0.2) is 81.5 Å². The fourth-order valence-electron chi connectivity index (χ4n) is 4.16. The van der Waals surface area contributed by atoms with E-state index in [2.05, 4.69) is 42.3 Å². The summed E-state index contributed by atoms with van der Waals surface area (Å²) < 4.78 is 5.37. The van der Waals surface area contributed by atoms with Crippen LogP contribution in [0.2, 0.25) is 0 Å². The molecule has 1 fully saturated rings. The number of benzene rings is 2. The minimum absolute atomic E-state index is 0.174. The zero-order chi connectivity index (χ0) is 23.2. The van der Waals surface area contributed by atoms with Gasteiger partial charge in [0.1, 0.15) is 5.75 Å². The second-order valence-corrected chi connectivity index (χ2v) is 8.51. The van der Waals surface area contributed by atoms with Crippen LogP contribution in [0.3, 0.4) is 0 Å². The van der Waals surface area contributed by atoms with Crippen LogP contribution in [0, 0.1) is 0 Å². The summed E-state index contributed by atoms with van der Waals surface area (Å²) in [5, 5.41) is 13.6. The Morgan fingerprint density at radius 3 is 2.45 bits per heavy atom. The first-order valence-electron chi connectivity index (χ1n) is 11.4. The zero-order valence-corrected chi connectivity index (χ0v) is 19.6. The topological polar surface area (TPSA) is 73.8 Å². The van der Waals surface area contributed by atoms with Crippen molar-refractivity contribution in [3.8, 4) is 5.75 Å². The van der Waals surface area contributed by atoms with E-state index in [9.17, 15) is 4.79 Å². The number of carbonyl (C=O) groups is 1.